The van der Waals surface area contributed by atoms with Crippen LogP contribution in [0.5, 0.6) is 0 Å². The second kappa shape index (κ2) is 4.64. The molecule has 0 saturated carbocycles. The number of rotatable bonds is 4. The van der Waals surface area contributed by atoms with Gasteiger partial charge in [-0.1, -0.05) is 0 Å². The molecule has 0 radical (unpaired) electrons. The molecular formula is C9H13N7O. The Balaban J connectivity index is 1.83. The molecular weight excluding hydrogens is 222 g/mol. The second-order valence-electron chi connectivity index (χ2n) is 3.57. The van der Waals surface area contributed by atoms with Crippen LogP contribution in [0.4, 0.5) is 5.82 Å². The van der Waals surface area contributed by atoms with Gasteiger partial charge < -0.3 is 15.6 Å². The topological polar surface area (TPSA) is 115 Å². The van der Waals surface area contributed by atoms with Gasteiger partial charge in [0.15, 0.2) is 0 Å². The first kappa shape index (κ1) is 11.1. The van der Waals surface area contributed by atoms with E-state index in [9.17, 15) is 4.79 Å². The lowest BCUT2D eigenvalue weighted by Gasteiger charge is -2.02. The average Bonchev–Trinajstić information content (AvgIpc) is 2.88. The molecule has 0 aromatic carbocycles. The van der Waals surface area contributed by atoms with Crippen LogP contribution in [-0.4, -0.2) is 37.4 Å². The number of aromatic nitrogens is 5. The third-order valence-electron chi connectivity index (χ3n) is 2.28. The highest BCUT2D eigenvalue weighted by atomic mass is 16.1. The Morgan fingerprint density at radius 3 is 3.06 bits per heavy atom. The Bertz CT molecular complexity index is 515. The fourth-order valence-corrected chi connectivity index (χ4v) is 1.37. The number of H-pyrrole nitrogens is 1. The molecule has 2 aromatic rings. The zero-order chi connectivity index (χ0) is 12.3. The summed E-state index contributed by atoms with van der Waals surface area (Å²) in [5.74, 6) is 0.870. The van der Waals surface area contributed by atoms with Gasteiger partial charge >= 0.3 is 0 Å². The Morgan fingerprint density at radius 1 is 1.65 bits per heavy atom. The van der Waals surface area contributed by atoms with Crippen molar-refractivity contribution in [3.8, 4) is 0 Å². The number of carbonyl (C=O) groups is 1. The Kier molecular flexibility index (Phi) is 3.03. The van der Waals surface area contributed by atoms with E-state index in [0.717, 1.165) is 5.82 Å². The van der Waals surface area contributed by atoms with Gasteiger partial charge in [-0.2, -0.15) is 5.10 Å². The van der Waals surface area contributed by atoms with Gasteiger partial charge in [0.2, 0.25) is 0 Å². The molecule has 8 nitrogen and oxygen atoms in total. The molecule has 8 heteroatoms. The molecule has 1 amide bonds. The fourth-order valence-electron chi connectivity index (χ4n) is 1.37. The quantitative estimate of drug-likeness (QED) is 0.635. The molecule has 17 heavy (non-hydrogen) atoms. The van der Waals surface area contributed by atoms with Gasteiger partial charge in [0.1, 0.15) is 23.7 Å². The van der Waals surface area contributed by atoms with E-state index in [2.05, 4.69) is 25.7 Å². The summed E-state index contributed by atoms with van der Waals surface area (Å²) >= 11 is 0. The predicted octanol–water partition coefficient (Wildman–Crippen LogP) is -0.907. The first-order valence-electron chi connectivity index (χ1n) is 5.09. The van der Waals surface area contributed by atoms with E-state index in [1.165, 1.54) is 6.07 Å². The number of anilines is 1. The highest BCUT2D eigenvalue weighted by Crippen LogP contribution is 1.99. The van der Waals surface area contributed by atoms with Crippen LogP contribution in [0.3, 0.4) is 0 Å². The van der Waals surface area contributed by atoms with Gasteiger partial charge in [-0.3, -0.25) is 9.89 Å². The molecule has 0 fully saturated rings. The first-order valence-corrected chi connectivity index (χ1v) is 5.09. The van der Waals surface area contributed by atoms with Crippen molar-refractivity contribution >= 4 is 11.7 Å². The number of hydrogen-bond donors (Lipinski definition) is 3. The number of nitrogens with zero attached hydrogens (tertiary/aromatic N) is 4. The van der Waals surface area contributed by atoms with Crippen LogP contribution in [0, 0.1) is 0 Å². The molecule has 0 spiro atoms. The van der Waals surface area contributed by atoms with Crippen LogP contribution in [0.1, 0.15) is 16.3 Å². The fraction of sp³-hybridized carbons (Fsp3) is 0.333. The average molecular weight is 235 g/mol. The summed E-state index contributed by atoms with van der Waals surface area (Å²) in [5.41, 5.74) is 5.75. The molecule has 2 rings (SSSR count). The molecule has 0 saturated heterocycles. The van der Waals surface area contributed by atoms with Crippen molar-refractivity contribution in [1.29, 1.82) is 0 Å². The lowest BCUT2D eigenvalue weighted by atomic mass is 10.3. The number of aromatic amines is 1. The third-order valence-corrected chi connectivity index (χ3v) is 2.28. The number of nitrogen functional groups attached to an aromatic ring is 1. The molecule has 0 aliphatic carbocycles. The Hall–Kier alpha value is -2.38. The van der Waals surface area contributed by atoms with Gasteiger partial charge in [0.05, 0.1) is 0 Å². The molecule has 4 N–H and O–H groups in total. The molecule has 0 unspecified atom stereocenters. The van der Waals surface area contributed by atoms with Gasteiger partial charge in [0.25, 0.3) is 5.91 Å². The molecule has 0 bridgehead atoms. The lowest BCUT2D eigenvalue weighted by Crippen LogP contribution is -2.26. The van der Waals surface area contributed by atoms with E-state index in [0.29, 0.717) is 24.5 Å². The predicted molar refractivity (Wildman–Crippen MR) is 60.0 cm³/mol. The molecule has 90 valence electrons. The molecule has 0 aliphatic heterocycles. The standard InChI is InChI=1S/C9H13N7O/c1-16-5-12-15-8(16)2-3-11-9(17)6-4-7(10)14-13-6/h4-5H,2-3H2,1H3,(H,11,17)(H3,10,13,14). The summed E-state index contributed by atoms with van der Waals surface area (Å²) in [5, 5.41) is 16.6. The normalized spacial score (nSPS) is 10.4. The number of aryl methyl sites for hydroxylation is 1. The third kappa shape index (κ3) is 2.60. The van der Waals surface area contributed by atoms with Crippen molar-refractivity contribution in [2.45, 2.75) is 6.42 Å². The number of hydrogen-bond acceptors (Lipinski definition) is 5. The smallest absolute Gasteiger partial charge is 0.269 e. The molecule has 2 heterocycles. The monoisotopic (exact) mass is 235 g/mol. The Labute approximate surface area is 97.2 Å². The van der Waals surface area contributed by atoms with Crippen molar-refractivity contribution in [1.82, 2.24) is 30.3 Å². The summed E-state index contributed by atoms with van der Waals surface area (Å²) in [7, 11) is 1.85. The molecule has 0 aliphatic rings. The minimum atomic E-state index is -0.239. The Morgan fingerprint density at radius 2 is 2.47 bits per heavy atom. The van der Waals surface area contributed by atoms with E-state index in [4.69, 9.17) is 5.73 Å². The second-order valence-corrected chi connectivity index (χ2v) is 3.57. The first-order chi connectivity index (χ1) is 8.16. The summed E-state index contributed by atoms with van der Waals surface area (Å²) in [4.78, 5) is 11.6. The van der Waals surface area contributed by atoms with Crippen molar-refractivity contribution < 1.29 is 4.79 Å². The highest BCUT2D eigenvalue weighted by Gasteiger charge is 2.08. The highest BCUT2D eigenvalue weighted by molar-refractivity contribution is 5.92. The van der Waals surface area contributed by atoms with Crippen LogP contribution in [0.25, 0.3) is 0 Å². The van der Waals surface area contributed by atoms with Crippen molar-refractivity contribution in [3.63, 3.8) is 0 Å². The summed E-state index contributed by atoms with van der Waals surface area (Å²) < 4.78 is 1.81. The summed E-state index contributed by atoms with van der Waals surface area (Å²) in [6.45, 7) is 0.476. The van der Waals surface area contributed by atoms with Crippen molar-refractivity contribution in [3.05, 3.63) is 23.9 Å². The number of carbonyl (C=O) groups excluding carboxylic acids is 1. The number of nitrogens with two attached hydrogens (primary N) is 1. The van der Waals surface area contributed by atoms with Gasteiger partial charge in [0, 0.05) is 26.1 Å². The zero-order valence-electron chi connectivity index (χ0n) is 9.34. The van der Waals surface area contributed by atoms with Crippen LogP contribution < -0.4 is 11.1 Å². The van der Waals surface area contributed by atoms with Crippen LogP contribution in [-0.2, 0) is 13.5 Å². The molecule has 2 aromatic heterocycles. The zero-order valence-corrected chi connectivity index (χ0v) is 9.34. The maximum Gasteiger partial charge on any atom is 0.269 e. The van der Waals surface area contributed by atoms with Gasteiger partial charge in [-0.25, -0.2) is 0 Å². The van der Waals surface area contributed by atoms with Gasteiger partial charge in [-0.05, 0) is 0 Å². The number of nitrogens with one attached hydrogen (secondary N) is 2. The minimum Gasteiger partial charge on any atom is -0.382 e. The van der Waals surface area contributed by atoms with Crippen molar-refractivity contribution in [2.75, 3.05) is 12.3 Å². The van der Waals surface area contributed by atoms with E-state index < -0.39 is 0 Å². The number of amides is 1. The largest absolute Gasteiger partial charge is 0.382 e. The van der Waals surface area contributed by atoms with Crippen LogP contribution >= 0.6 is 0 Å². The van der Waals surface area contributed by atoms with E-state index in [1.807, 2.05) is 7.05 Å². The SMILES string of the molecule is Cn1cnnc1CCNC(=O)c1cc(N)n[nH]1. The summed E-state index contributed by atoms with van der Waals surface area (Å²) in [6, 6.07) is 1.48. The van der Waals surface area contributed by atoms with E-state index in [1.54, 1.807) is 10.9 Å². The van der Waals surface area contributed by atoms with Crippen LogP contribution in [0.2, 0.25) is 0 Å². The van der Waals surface area contributed by atoms with E-state index >= 15 is 0 Å². The minimum absolute atomic E-state index is 0.239. The maximum atomic E-state index is 11.6. The lowest BCUT2D eigenvalue weighted by molar-refractivity contribution is 0.0949. The van der Waals surface area contributed by atoms with Crippen LogP contribution in [0.15, 0.2) is 12.4 Å². The van der Waals surface area contributed by atoms with Gasteiger partial charge in [-0.15, -0.1) is 10.2 Å². The summed E-state index contributed by atoms with van der Waals surface area (Å²) in [6.07, 6.45) is 2.23. The molecule has 0 atom stereocenters. The van der Waals surface area contributed by atoms with E-state index in [-0.39, 0.29) is 5.91 Å². The van der Waals surface area contributed by atoms with Crippen molar-refractivity contribution in [2.24, 2.45) is 7.05 Å². The maximum absolute atomic E-state index is 11.6.